The summed E-state index contributed by atoms with van der Waals surface area (Å²) in [6, 6.07) is 11.3. The van der Waals surface area contributed by atoms with Gasteiger partial charge in [-0.1, -0.05) is 30.1 Å². The largest absolute Gasteiger partial charge is 0.394 e. The van der Waals surface area contributed by atoms with Crippen LogP contribution in [0.25, 0.3) is 0 Å². The van der Waals surface area contributed by atoms with Crippen LogP contribution in [0.2, 0.25) is 0 Å². The van der Waals surface area contributed by atoms with E-state index in [1.165, 1.54) is 16.7 Å². The second kappa shape index (κ2) is 9.70. The number of rotatable bonds is 4. The van der Waals surface area contributed by atoms with Crippen molar-refractivity contribution in [3.63, 3.8) is 0 Å². The molecule has 0 saturated carbocycles. The van der Waals surface area contributed by atoms with Crippen molar-refractivity contribution in [1.82, 2.24) is 0 Å². The van der Waals surface area contributed by atoms with Crippen LogP contribution in [-0.2, 0) is 15.6 Å². The highest BCUT2D eigenvalue weighted by atomic mass is 32.2. The minimum atomic E-state index is -1.06. The third-order valence-electron chi connectivity index (χ3n) is 2.21. The lowest BCUT2D eigenvalue weighted by Gasteiger charge is -1.97. The fraction of sp³-hybridized carbons (Fsp3) is 0. The summed E-state index contributed by atoms with van der Waals surface area (Å²) in [6.45, 7) is 0. The van der Waals surface area contributed by atoms with Gasteiger partial charge in [0, 0.05) is 15.7 Å². The lowest BCUT2D eigenvalue weighted by molar-refractivity contribution is -0.114. The van der Waals surface area contributed by atoms with Gasteiger partial charge in [-0.2, -0.15) is 0 Å². The highest BCUT2D eigenvalue weighted by Crippen LogP contribution is 2.24. The van der Waals surface area contributed by atoms with Gasteiger partial charge in [-0.05, 0) is 18.2 Å². The van der Waals surface area contributed by atoms with Crippen LogP contribution in [-0.4, -0.2) is 10.1 Å². The van der Waals surface area contributed by atoms with Crippen LogP contribution in [0.5, 0.6) is 0 Å². The molecule has 1 aromatic carbocycles. The number of nitrogens with two attached hydrogens (primary N) is 3. The van der Waals surface area contributed by atoms with Crippen molar-refractivity contribution < 1.29 is 9.00 Å². The molecule has 5 nitrogen and oxygen atoms in total. The standard InChI is InChI=1S/C10H8OS3.C3H7N3OS/c11-14(8-4-2-1-3-5-8)9-6-10(12)13-7-9;4-2(1-8-6)3(5)7/h1-7,12H;1H,4,6H2,(H2,5,7)/b;2-1-. The van der Waals surface area contributed by atoms with Gasteiger partial charge in [0.05, 0.1) is 19.9 Å². The molecule has 2 aromatic rings. The molecule has 0 aliphatic rings. The summed E-state index contributed by atoms with van der Waals surface area (Å²) >= 11 is 6.55. The predicted molar refractivity (Wildman–Crippen MR) is 95.9 cm³/mol. The molecule has 118 valence electrons. The first-order valence-corrected chi connectivity index (χ1v) is 9.23. The molecule has 0 aliphatic heterocycles. The second-order valence-electron chi connectivity index (χ2n) is 3.78. The second-order valence-corrected chi connectivity index (χ2v) is 7.46. The fourth-order valence-corrected chi connectivity index (χ4v) is 3.83. The minimum Gasteiger partial charge on any atom is -0.394 e. The molecule has 1 heterocycles. The summed E-state index contributed by atoms with van der Waals surface area (Å²) in [7, 11) is -1.06. The first-order chi connectivity index (χ1) is 10.5. The van der Waals surface area contributed by atoms with Crippen molar-refractivity contribution in [2.45, 2.75) is 14.0 Å². The normalized spacial score (nSPS) is 12.2. The summed E-state index contributed by atoms with van der Waals surface area (Å²) in [5, 5.41) is 8.08. The monoisotopic (exact) mass is 373 g/mol. The van der Waals surface area contributed by atoms with Gasteiger partial charge in [0.15, 0.2) is 0 Å². The summed E-state index contributed by atoms with van der Waals surface area (Å²) in [5.41, 5.74) is 9.72. The lowest BCUT2D eigenvalue weighted by atomic mass is 10.4. The average molecular weight is 374 g/mol. The van der Waals surface area contributed by atoms with E-state index in [1.807, 2.05) is 41.8 Å². The molecule has 0 aliphatic carbocycles. The zero-order chi connectivity index (χ0) is 16.5. The zero-order valence-corrected chi connectivity index (χ0v) is 14.7. The van der Waals surface area contributed by atoms with Crippen LogP contribution in [0.4, 0.5) is 0 Å². The topological polar surface area (TPSA) is 112 Å². The van der Waals surface area contributed by atoms with Crippen LogP contribution >= 0.6 is 35.9 Å². The molecule has 0 spiro atoms. The molecule has 1 atom stereocenters. The van der Waals surface area contributed by atoms with E-state index in [9.17, 15) is 9.00 Å². The fourth-order valence-electron chi connectivity index (χ4n) is 1.22. The maximum Gasteiger partial charge on any atom is 0.265 e. The first-order valence-electron chi connectivity index (χ1n) is 5.81. The Bertz CT molecular complexity index is 671. The van der Waals surface area contributed by atoms with E-state index in [-0.39, 0.29) is 5.70 Å². The molecular weight excluding hydrogens is 358 g/mol. The number of amides is 1. The number of carbonyl (C=O) groups is 1. The van der Waals surface area contributed by atoms with Gasteiger partial charge in [0.2, 0.25) is 0 Å². The Balaban J connectivity index is 0.000000261. The van der Waals surface area contributed by atoms with Gasteiger partial charge in [-0.3, -0.25) is 9.93 Å². The summed E-state index contributed by atoms with van der Waals surface area (Å²) in [4.78, 5) is 11.7. The number of benzene rings is 1. The number of hydrogen-bond acceptors (Lipinski definition) is 7. The SMILES string of the molecule is NS/C=C(\N)C(N)=O.O=S(c1ccccc1)c1csc(S)c1. The predicted octanol–water partition coefficient (Wildman–Crippen LogP) is 2.08. The van der Waals surface area contributed by atoms with E-state index in [2.05, 4.69) is 12.6 Å². The van der Waals surface area contributed by atoms with E-state index >= 15 is 0 Å². The van der Waals surface area contributed by atoms with Crippen LogP contribution in [0.15, 0.2) is 66.9 Å². The molecule has 0 fully saturated rings. The Kier molecular flexibility index (Phi) is 8.28. The quantitative estimate of drug-likeness (QED) is 0.372. The van der Waals surface area contributed by atoms with Crippen molar-refractivity contribution in [1.29, 1.82) is 0 Å². The third-order valence-corrected chi connectivity index (χ3v) is 5.29. The highest BCUT2D eigenvalue weighted by Gasteiger charge is 2.07. The van der Waals surface area contributed by atoms with E-state index in [4.69, 9.17) is 16.6 Å². The molecule has 0 bridgehead atoms. The number of hydrogen-bond donors (Lipinski definition) is 4. The van der Waals surface area contributed by atoms with E-state index < -0.39 is 16.7 Å². The molecule has 0 radical (unpaired) electrons. The van der Waals surface area contributed by atoms with Gasteiger partial charge in [-0.25, -0.2) is 4.21 Å². The Labute approximate surface area is 145 Å². The maximum absolute atomic E-state index is 11.9. The van der Waals surface area contributed by atoms with Crippen molar-refractivity contribution in [2.24, 2.45) is 16.6 Å². The molecule has 9 heteroatoms. The smallest absolute Gasteiger partial charge is 0.265 e. The molecule has 2 rings (SSSR count). The summed E-state index contributed by atoms with van der Waals surface area (Å²) < 4.78 is 12.8. The van der Waals surface area contributed by atoms with Crippen molar-refractivity contribution in [3.05, 3.63) is 52.9 Å². The number of carbonyl (C=O) groups excluding carboxylic acids is 1. The van der Waals surface area contributed by atoms with Crippen molar-refractivity contribution >= 4 is 52.6 Å². The molecule has 1 aromatic heterocycles. The van der Waals surface area contributed by atoms with Crippen molar-refractivity contribution in [2.75, 3.05) is 0 Å². The zero-order valence-electron chi connectivity index (χ0n) is 11.3. The summed E-state index contributed by atoms with van der Waals surface area (Å²) in [6.07, 6.45) is 0. The van der Waals surface area contributed by atoms with Crippen LogP contribution < -0.4 is 16.6 Å². The van der Waals surface area contributed by atoms with E-state index in [1.54, 1.807) is 0 Å². The summed E-state index contributed by atoms with van der Waals surface area (Å²) in [5.74, 6) is -0.650. The number of thiol groups is 1. The average Bonchev–Trinajstić information content (AvgIpc) is 2.95. The molecular formula is C13H15N3O2S4. The molecule has 0 saturated heterocycles. The van der Waals surface area contributed by atoms with E-state index in [0.717, 1.165) is 25.9 Å². The Morgan fingerprint density at radius 2 is 1.86 bits per heavy atom. The Morgan fingerprint density at radius 1 is 1.23 bits per heavy atom. The van der Waals surface area contributed by atoms with Gasteiger partial charge < -0.3 is 11.5 Å². The molecule has 6 N–H and O–H groups in total. The van der Waals surface area contributed by atoms with Crippen LogP contribution in [0.1, 0.15) is 0 Å². The highest BCUT2D eigenvalue weighted by molar-refractivity contribution is 8.00. The molecule has 1 unspecified atom stereocenters. The van der Waals surface area contributed by atoms with E-state index in [0.29, 0.717) is 0 Å². The van der Waals surface area contributed by atoms with Crippen molar-refractivity contribution in [3.8, 4) is 0 Å². The number of primary amides is 1. The first kappa shape index (κ1) is 18.8. The van der Waals surface area contributed by atoms with Gasteiger partial charge >= 0.3 is 0 Å². The third kappa shape index (κ3) is 6.24. The number of thiophene rings is 1. The van der Waals surface area contributed by atoms with Gasteiger partial charge in [0.1, 0.15) is 5.70 Å². The molecule has 22 heavy (non-hydrogen) atoms. The molecule has 1 amide bonds. The lowest BCUT2D eigenvalue weighted by Crippen LogP contribution is -2.19. The van der Waals surface area contributed by atoms with Gasteiger partial charge in [-0.15, -0.1) is 24.0 Å². The van der Waals surface area contributed by atoms with Crippen LogP contribution in [0, 0.1) is 0 Å². The Morgan fingerprint density at radius 3 is 2.27 bits per heavy atom. The minimum absolute atomic E-state index is 0.0162. The Hall–Kier alpha value is -1.26. The van der Waals surface area contributed by atoms with Gasteiger partial charge in [0.25, 0.3) is 5.91 Å². The van der Waals surface area contributed by atoms with Crippen LogP contribution in [0.3, 0.4) is 0 Å². The maximum atomic E-state index is 11.9.